The number of rotatable bonds is 7. The number of hydrogen-bond donors (Lipinski definition) is 0. The molecule has 4 nitrogen and oxygen atoms in total. The Kier molecular flexibility index (Phi) is 6.83. The second-order valence-electron chi connectivity index (χ2n) is 8.46. The topological polar surface area (TPSA) is 44.8 Å². The summed E-state index contributed by atoms with van der Waals surface area (Å²) in [5, 5.41) is 0.101. The van der Waals surface area contributed by atoms with Crippen molar-refractivity contribution < 1.29 is 18.7 Å². The highest BCUT2D eigenvalue weighted by Crippen LogP contribution is 2.37. The molecule has 5 heteroatoms. The van der Waals surface area contributed by atoms with E-state index >= 15 is 0 Å². The fourth-order valence-corrected chi connectivity index (χ4v) is 3.73. The monoisotopic (exact) mass is 376 g/mol. The Hall–Kier alpha value is -1.43. The molecular formula is C21H32O4Si. The SMILES string of the molecule is C=C[C@@H]1CC(=O)O[C@@H](CO[Si](C)(C)C(C)(C)C)[C@H]1OCc1ccccc1. The van der Waals surface area contributed by atoms with Crippen molar-refractivity contribution in [1.82, 2.24) is 0 Å². The Balaban J connectivity index is 2.08. The molecule has 144 valence electrons. The second kappa shape index (κ2) is 8.50. The van der Waals surface area contributed by atoms with E-state index in [2.05, 4.69) is 40.4 Å². The van der Waals surface area contributed by atoms with Crippen LogP contribution in [0.2, 0.25) is 18.1 Å². The highest BCUT2D eigenvalue weighted by molar-refractivity contribution is 6.74. The van der Waals surface area contributed by atoms with E-state index in [1.165, 1.54) is 0 Å². The minimum Gasteiger partial charge on any atom is -0.457 e. The maximum atomic E-state index is 12.0. The van der Waals surface area contributed by atoms with Crippen molar-refractivity contribution in [1.29, 1.82) is 0 Å². The summed E-state index contributed by atoms with van der Waals surface area (Å²) in [5.41, 5.74) is 1.09. The largest absolute Gasteiger partial charge is 0.457 e. The minimum atomic E-state index is -1.93. The molecule has 1 aromatic carbocycles. The van der Waals surface area contributed by atoms with Crippen LogP contribution in [0.5, 0.6) is 0 Å². The number of cyclic esters (lactones) is 1. The number of hydrogen-bond acceptors (Lipinski definition) is 4. The molecule has 0 aliphatic carbocycles. The molecule has 0 unspecified atom stereocenters. The van der Waals surface area contributed by atoms with Crippen LogP contribution < -0.4 is 0 Å². The number of benzene rings is 1. The van der Waals surface area contributed by atoms with Gasteiger partial charge in [-0.05, 0) is 23.7 Å². The maximum absolute atomic E-state index is 12.0. The van der Waals surface area contributed by atoms with E-state index in [1.807, 2.05) is 30.3 Å². The third-order valence-corrected chi connectivity index (χ3v) is 9.98. The molecule has 1 fully saturated rings. The lowest BCUT2D eigenvalue weighted by atomic mass is 9.92. The van der Waals surface area contributed by atoms with E-state index in [0.717, 1.165) is 5.56 Å². The van der Waals surface area contributed by atoms with Crippen LogP contribution in [-0.2, 0) is 25.3 Å². The van der Waals surface area contributed by atoms with Crippen molar-refractivity contribution in [3.63, 3.8) is 0 Å². The number of carbonyl (C=O) groups excluding carboxylic acids is 1. The third kappa shape index (κ3) is 5.28. The molecule has 0 radical (unpaired) electrons. The van der Waals surface area contributed by atoms with E-state index in [4.69, 9.17) is 13.9 Å². The molecule has 1 aliphatic heterocycles. The Morgan fingerprint density at radius 3 is 2.50 bits per heavy atom. The van der Waals surface area contributed by atoms with Crippen LogP contribution in [0.25, 0.3) is 0 Å². The standard InChI is InChI=1S/C21H32O4Si/c1-7-17-13-19(22)25-18(15-24-26(5,6)21(2,3)4)20(17)23-14-16-11-9-8-10-12-16/h7-12,17-18,20H,1,13-15H2,2-6H3/t17-,18+,20+/m1/s1. The van der Waals surface area contributed by atoms with Gasteiger partial charge in [0.2, 0.25) is 0 Å². The molecule has 1 aromatic rings. The smallest absolute Gasteiger partial charge is 0.306 e. The van der Waals surface area contributed by atoms with E-state index in [-0.39, 0.29) is 23.0 Å². The molecule has 1 aliphatic rings. The number of ether oxygens (including phenoxy) is 2. The van der Waals surface area contributed by atoms with Crippen molar-refractivity contribution in [2.24, 2.45) is 5.92 Å². The zero-order valence-corrected chi connectivity index (χ0v) is 17.7. The summed E-state index contributed by atoms with van der Waals surface area (Å²) in [6.07, 6.45) is 1.46. The lowest BCUT2D eigenvalue weighted by molar-refractivity contribution is -0.179. The van der Waals surface area contributed by atoms with Gasteiger partial charge in [0.05, 0.1) is 19.6 Å². The van der Waals surface area contributed by atoms with Crippen molar-refractivity contribution in [3.8, 4) is 0 Å². The first-order chi connectivity index (χ1) is 12.1. The van der Waals surface area contributed by atoms with E-state index in [0.29, 0.717) is 19.6 Å². The van der Waals surface area contributed by atoms with Crippen LogP contribution in [0.3, 0.4) is 0 Å². The molecule has 1 heterocycles. The van der Waals surface area contributed by atoms with Gasteiger partial charge >= 0.3 is 5.97 Å². The van der Waals surface area contributed by atoms with Gasteiger partial charge in [-0.3, -0.25) is 4.79 Å². The minimum absolute atomic E-state index is 0.0621. The van der Waals surface area contributed by atoms with Gasteiger partial charge in [-0.15, -0.1) is 6.58 Å². The van der Waals surface area contributed by atoms with E-state index in [1.54, 1.807) is 6.08 Å². The van der Waals surface area contributed by atoms with Gasteiger partial charge in [0.25, 0.3) is 0 Å². The van der Waals surface area contributed by atoms with Crippen LogP contribution in [0.4, 0.5) is 0 Å². The third-order valence-electron chi connectivity index (χ3n) is 5.48. The summed E-state index contributed by atoms with van der Waals surface area (Å²) in [4.78, 5) is 12.0. The van der Waals surface area contributed by atoms with Crippen molar-refractivity contribution >= 4 is 14.3 Å². The lowest BCUT2D eigenvalue weighted by Crippen LogP contribution is -2.50. The van der Waals surface area contributed by atoms with E-state index < -0.39 is 14.4 Å². The van der Waals surface area contributed by atoms with Crippen molar-refractivity contribution in [3.05, 3.63) is 48.6 Å². The van der Waals surface area contributed by atoms with Crippen molar-refractivity contribution in [2.45, 2.75) is 64.1 Å². The Bertz CT molecular complexity index is 606. The maximum Gasteiger partial charge on any atom is 0.306 e. The van der Waals surface area contributed by atoms with Crippen LogP contribution in [0, 0.1) is 5.92 Å². The first-order valence-corrected chi connectivity index (χ1v) is 12.2. The van der Waals surface area contributed by atoms with Gasteiger partial charge in [-0.25, -0.2) is 0 Å². The summed E-state index contributed by atoms with van der Waals surface area (Å²) in [5.74, 6) is -0.272. The zero-order chi connectivity index (χ0) is 19.4. The zero-order valence-electron chi connectivity index (χ0n) is 16.7. The molecule has 1 saturated heterocycles. The van der Waals surface area contributed by atoms with Crippen LogP contribution in [0.15, 0.2) is 43.0 Å². The van der Waals surface area contributed by atoms with Crippen molar-refractivity contribution in [2.75, 3.05) is 6.61 Å². The quantitative estimate of drug-likeness (QED) is 0.393. The molecule has 0 saturated carbocycles. The van der Waals surface area contributed by atoms with Gasteiger partial charge in [0, 0.05) is 5.92 Å². The van der Waals surface area contributed by atoms with Gasteiger partial charge in [0.15, 0.2) is 14.4 Å². The molecule has 26 heavy (non-hydrogen) atoms. The molecule has 0 N–H and O–H groups in total. The highest BCUT2D eigenvalue weighted by atomic mass is 28.4. The summed E-state index contributed by atoms with van der Waals surface area (Å²) < 4.78 is 18.1. The molecule has 3 atom stereocenters. The highest BCUT2D eigenvalue weighted by Gasteiger charge is 2.42. The summed E-state index contributed by atoms with van der Waals surface area (Å²) in [7, 11) is -1.93. The number of esters is 1. The van der Waals surface area contributed by atoms with Crippen LogP contribution >= 0.6 is 0 Å². The first-order valence-electron chi connectivity index (χ1n) is 9.25. The van der Waals surface area contributed by atoms with Crippen LogP contribution in [0.1, 0.15) is 32.8 Å². The van der Waals surface area contributed by atoms with Gasteiger partial charge in [-0.1, -0.05) is 57.2 Å². The fourth-order valence-electron chi connectivity index (χ4n) is 2.72. The molecule has 0 bridgehead atoms. The molecule has 2 rings (SSSR count). The molecule has 0 aromatic heterocycles. The number of carbonyl (C=O) groups is 1. The first kappa shape index (κ1) is 20.9. The molecule has 0 spiro atoms. The molecular weight excluding hydrogens is 344 g/mol. The predicted molar refractivity (Wildman–Crippen MR) is 106 cm³/mol. The van der Waals surface area contributed by atoms with Gasteiger partial charge in [0.1, 0.15) is 6.10 Å². The summed E-state index contributed by atoms with van der Waals surface area (Å²) in [6.45, 7) is 15.7. The lowest BCUT2D eigenvalue weighted by Gasteiger charge is -2.40. The average molecular weight is 377 g/mol. The Morgan fingerprint density at radius 1 is 1.27 bits per heavy atom. The summed E-state index contributed by atoms with van der Waals surface area (Å²) in [6, 6.07) is 10.0. The molecule has 0 amide bonds. The Morgan fingerprint density at radius 2 is 1.92 bits per heavy atom. The van der Waals surface area contributed by atoms with E-state index in [9.17, 15) is 4.79 Å². The average Bonchev–Trinajstić information content (AvgIpc) is 2.58. The second-order valence-corrected chi connectivity index (χ2v) is 13.3. The fraction of sp³-hybridized carbons (Fsp3) is 0.571. The Labute approximate surface area is 158 Å². The predicted octanol–water partition coefficient (Wildman–Crippen LogP) is 4.71. The summed E-state index contributed by atoms with van der Waals surface area (Å²) >= 11 is 0. The normalized spacial score (nSPS) is 24.2. The van der Waals surface area contributed by atoms with Gasteiger partial charge < -0.3 is 13.9 Å². The van der Waals surface area contributed by atoms with Gasteiger partial charge in [-0.2, -0.15) is 0 Å². The van der Waals surface area contributed by atoms with Crippen LogP contribution in [-0.4, -0.2) is 33.1 Å².